The topological polar surface area (TPSA) is 250 Å². The van der Waals surface area contributed by atoms with Crippen LogP contribution < -0.4 is 20.9 Å². The minimum absolute atomic E-state index is 0.00220. The second kappa shape index (κ2) is 13.8. The fourth-order valence-corrected chi connectivity index (χ4v) is 6.45. The van der Waals surface area contributed by atoms with Crippen LogP contribution in [0.3, 0.4) is 0 Å². The first-order chi connectivity index (χ1) is 22.6. The van der Waals surface area contributed by atoms with Gasteiger partial charge in [-0.1, -0.05) is 24.3 Å². The number of aromatic nitrogens is 3. The molecule has 1 aromatic heterocycles. The van der Waals surface area contributed by atoms with E-state index in [1.54, 1.807) is 13.1 Å². The molecule has 0 bridgehead atoms. The normalized spacial score (nSPS) is 14.2. The first kappa shape index (κ1) is 34.6. The highest BCUT2D eigenvalue weighted by molar-refractivity contribution is 7.86. The van der Waals surface area contributed by atoms with Crippen LogP contribution in [0.4, 0.5) is 34.9 Å². The molecule has 0 unspecified atom stereocenters. The third kappa shape index (κ3) is 8.60. The summed E-state index contributed by atoms with van der Waals surface area (Å²) in [6, 6.07) is 13.3. The predicted molar refractivity (Wildman–Crippen MR) is 177 cm³/mol. The summed E-state index contributed by atoms with van der Waals surface area (Å²) in [6.45, 7) is 1.78. The number of anilines is 6. The van der Waals surface area contributed by atoms with E-state index in [-0.39, 0.29) is 39.6 Å². The van der Waals surface area contributed by atoms with Crippen molar-refractivity contribution in [2.75, 3.05) is 54.2 Å². The van der Waals surface area contributed by atoms with Gasteiger partial charge in [0.2, 0.25) is 17.8 Å². The summed E-state index contributed by atoms with van der Waals surface area (Å²) in [4.78, 5) is 13.8. The molecule has 1 aliphatic heterocycles. The molecule has 6 N–H and O–H groups in total. The van der Waals surface area contributed by atoms with Crippen LogP contribution in [0.2, 0.25) is 0 Å². The van der Waals surface area contributed by atoms with E-state index in [2.05, 4.69) is 30.9 Å². The summed E-state index contributed by atoms with van der Waals surface area (Å²) < 4.78 is 106. The second-order valence-electron chi connectivity index (χ2n) is 10.2. The first-order valence-corrected chi connectivity index (χ1v) is 18.2. The average molecular weight is 720 g/mol. The number of hydrogen-bond acceptors (Lipinski definition) is 14. The van der Waals surface area contributed by atoms with Gasteiger partial charge in [-0.05, 0) is 59.7 Å². The number of nitrogens with one attached hydrogen (secondary N) is 3. The molecule has 1 aliphatic rings. The minimum Gasteiger partial charge on any atom is -0.388 e. The Morgan fingerprint density at radius 3 is 1.65 bits per heavy atom. The van der Waals surface area contributed by atoms with Gasteiger partial charge >= 0.3 is 0 Å². The molecule has 3 aromatic carbocycles. The molecule has 5 rings (SSSR count). The van der Waals surface area contributed by atoms with E-state index in [0.717, 1.165) is 6.07 Å². The summed E-state index contributed by atoms with van der Waals surface area (Å²) in [5, 5.41) is 8.61. The number of rotatable bonds is 11. The highest BCUT2D eigenvalue weighted by atomic mass is 32.2. The fraction of sp³-hybridized carbons (Fsp3) is 0.179. The Labute approximate surface area is 276 Å². The summed E-state index contributed by atoms with van der Waals surface area (Å²) in [7, 11) is -12.3. The molecule has 0 radical (unpaired) electrons. The summed E-state index contributed by atoms with van der Waals surface area (Å²) in [5.41, 5.74) is 1.02. The maximum atomic E-state index is 12.4. The van der Waals surface area contributed by atoms with Crippen LogP contribution in [0.15, 0.2) is 75.4 Å². The van der Waals surface area contributed by atoms with Crippen molar-refractivity contribution in [1.82, 2.24) is 15.0 Å². The van der Waals surface area contributed by atoms with E-state index >= 15 is 0 Å². The van der Waals surface area contributed by atoms with Crippen molar-refractivity contribution in [3.63, 3.8) is 0 Å². The van der Waals surface area contributed by atoms with Gasteiger partial charge in [-0.3, -0.25) is 13.7 Å². The van der Waals surface area contributed by atoms with Crippen molar-refractivity contribution in [1.29, 1.82) is 0 Å². The molecule has 0 saturated carbocycles. The van der Waals surface area contributed by atoms with Gasteiger partial charge < -0.3 is 25.6 Å². The highest BCUT2D eigenvalue weighted by Crippen LogP contribution is 2.28. The Bertz CT molecular complexity index is 2190. The van der Waals surface area contributed by atoms with Crippen LogP contribution in [-0.2, 0) is 35.1 Å². The van der Waals surface area contributed by atoms with Crippen LogP contribution in [0.5, 0.6) is 0 Å². The predicted octanol–water partition coefficient (Wildman–Crippen LogP) is 3.15. The molecular formula is C28H29N7O10S3. The zero-order chi connectivity index (χ0) is 34.7. The maximum absolute atomic E-state index is 12.4. The number of ether oxygens (including phenoxy) is 1. The van der Waals surface area contributed by atoms with Crippen LogP contribution in [0.25, 0.3) is 12.2 Å². The van der Waals surface area contributed by atoms with Gasteiger partial charge in [-0.25, -0.2) is 0 Å². The van der Waals surface area contributed by atoms with E-state index in [1.807, 2.05) is 4.90 Å². The fourth-order valence-electron chi connectivity index (χ4n) is 4.55. The molecule has 254 valence electrons. The monoisotopic (exact) mass is 719 g/mol. The van der Waals surface area contributed by atoms with E-state index in [4.69, 9.17) is 4.74 Å². The van der Waals surface area contributed by atoms with Crippen molar-refractivity contribution < 1.29 is 43.6 Å². The molecule has 0 aliphatic carbocycles. The van der Waals surface area contributed by atoms with Crippen molar-refractivity contribution in [3.8, 4) is 0 Å². The van der Waals surface area contributed by atoms with Gasteiger partial charge in [0, 0.05) is 37.2 Å². The van der Waals surface area contributed by atoms with E-state index in [1.165, 1.54) is 60.7 Å². The Morgan fingerprint density at radius 1 is 0.667 bits per heavy atom. The molecule has 0 spiro atoms. The minimum atomic E-state index is -4.81. The van der Waals surface area contributed by atoms with E-state index in [0.29, 0.717) is 37.7 Å². The van der Waals surface area contributed by atoms with Gasteiger partial charge in [0.15, 0.2) is 0 Å². The van der Waals surface area contributed by atoms with Crippen molar-refractivity contribution in [3.05, 3.63) is 71.8 Å². The molecule has 0 atom stereocenters. The number of benzene rings is 3. The molecule has 20 heteroatoms. The Kier molecular flexibility index (Phi) is 9.96. The first-order valence-electron chi connectivity index (χ1n) is 13.9. The molecule has 1 fully saturated rings. The van der Waals surface area contributed by atoms with Crippen molar-refractivity contribution in [2.24, 2.45) is 0 Å². The molecule has 48 heavy (non-hydrogen) atoms. The Balaban J connectivity index is 1.48. The molecular weight excluding hydrogens is 691 g/mol. The number of nitrogens with zero attached hydrogens (tertiary/aromatic N) is 4. The zero-order valence-electron chi connectivity index (χ0n) is 25.0. The lowest BCUT2D eigenvalue weighted by atomic mass is 10.1. The third-order valence-electron chi connectivity index (χ3n) is 6.90. The quantitative estimate of drug-likeness (QED) is 0.0962. The second-order valence-corrected chi connectivity index (χ2v) is 14.4. The molecule has 0 amide bonds. The largest absolute Gasteiger partial charge is 0.388 e. The third-order valence-corrected chi connectivity index (χ3v) is 9.58. The number of hydrogen-bond donors (Lipinski definition) is 6. The smallest absolute Gasteiger partial charge is 0.295 e. The summed E-state index contributed by atoms with van der Waals surface area (Å²) >= 11 is 0. The molecule has 2 heterocycles. The lowest BCUT2D eigenvalue weighted by molar-refractivity contribution is 0.122. The van der Waals surface area contributed by atoms with Crippen LogP contribution in [-0.4, -0.2) is 87.2 Å². The lowest BCUT2D eigenvalue weighted by Crippen LogP contribution is -2.37. The summed E-state index contributed by atoms with van der Waals surface area (Å²) in [6.07, 6.45) is 2.55. The van der Waals surface area contributed by atoms with Crippen molar-refractivity contribution >= 4 is 77.4 Å². The lowest BCUT2D eigenvalue weighted by Gasteiger charge is -2.27. The van der Waals surface area contributed by atoms with Crippen molar-refractivity contribution in [2.45, 2.75) is 14.7 Å². The van der Waals surface area contributed by atoms with E-state index in [9.17, 15) is 38.9 Å². The molecule has 1 saturated heterocycles. The van der Waals surface area contributed by atoms with Crippen LogP contribution in [0.1, 0.15) is 11.1 Å². The zero-order valence-corrected chi connectivity index (χ0v) is 27.4. The van der Waals surface area contributed by atoms with Gasteiger partial charge in [0.1, 0.15) is 9.79 Å². The van der Waals surface area contributed by atoms with E-state index < -0.39 is 40.1 Å². The van der Waals surface area contributed by atoms with Gasteiger partial charge in [-0.15, -0.1) is 0 Å². The number of morpholine rings is 1. The Hall–Kier alpha value is -4.70. The van der Waals surface area contributed by atoms with Crippen LogP contribution >= 0.6 is 0 Å². The average Bonchev–Trinajstić information content (AvgIpc) is 3.03. The van der Waals surface area contributed by atoms with Crippen LogP contribution in [0, 0.1) is 0 Å². The van der Waals surface area contributed by atoms with Gasteiger partial charge in [0.05, 0.1) is 18.1 Å². The van der Waals surface area contributed by atoms with Gasteiger partial charge in [0.25, 0.3) is 30.4 Å². The molecule has 17 nitrogen and oxygen atoms in total. The molecule has 4 aromatic rings. The highest BCUT2D eigenvalue weighted by Gasteiger charge is 2.20. The standard InChI is InChI=1S/C28H29N7O10S3/c1-29-21-6-4-18(24(16-21)47(39,40)41)2-3-19-5-7-22(17-25(19)48(42,43)44)31-27-32-26(33-28(34-27)35-12-14-45-15-13-35)30-20-8-10-23(11-9-20)46(36,37)38/h2-11,16-17,29H,12-15H2,1H3,(H,36,37,38)(H,39,40,41)(H,42,43,44)(H2,30,31,32,33,34)/b3-2+. The summed E-state index contributed by atoms with van der Waals surface area (Å²) in [5.74, 6) is 0.277. The SMILES string of the molecule is CNc1ccc(/C=C/c2ccc(Nc3nc(Nc4ccc(S(=O)(=O)O)cc4)nc(N4CCOCC4)n3)cc2S(=O)(=O)O)c(S(=O)(=O)O)c1. The van der Waals surface area contributed by atoms with Gasteiger partial charge in [-0.2, -0.15) is 40.2 Å². The maximum Gasteiger partial charge on any atom is 0.295 e. The Morgan fingerprint density at radius 2 is 1.15 bits per heavy atom.